The van der Waals surface area contributed by atoms with Gasteiger partial charge in [0.2, 0.25) is 0 Å². The van der Waals surface area contributed by atoms with Crippen molar-refractivity contribution >= 4 is 39.0 Å². The molecule has 0 radical (unpaired) electrons. The van der Waals surface area contributed by atoms with Crippen LogP contribution in [0.15, 0.2) is 10.5 Å². The van der Waals surface area contributed by atoms with Gasteiger partial charge in [0.15, 0.2) is 11.6 Å². The van der Waals surface area contributed by atoms with E-state index >= 15 is 0 Å². The summed E-state index contributed by atoms with van der Waals surface area (Å²) in [6, 6.07) is 1.50. The van der Waals surface area contributed by atoms with Gasteiger partial charge >= 0.3 is 0 Å². The number of Topliss-reactive ketones (excluding diaryl/α,β-unsaturated/α-hetero) is 1. The third-order valence-electron chi connectivity index (χ3n) is 2.35. The second kappa shape index (κ2) is 4.10. The Balaban J connectivity index is 2.65. The number of benzene rings is 1. The molecule has 1 aromatic rings. The van der Waals surface area contributed by atoms with E-state index in [9.17, 15) is 9.18 Å². The summed E-state index contributed by atoms with van der Waals surface area (Å²) in [7, 11) is 0. The second-order valence-electron chi connectivity index (χ2n) is 3.36. The zero-order valence-corrected chi connectivity index (χ0v) is 10.1. The van der Waals surface area contributed by atoms with Crippen LogP contribution in [0.3, 0.4) is 0 Å². The smallest absolute Gasteiger partial charge is 0.165 e. The van der Waals surface area contributed by atoms with Crippen LogP contribution in [0, 0.1) is 5.82 Å². The maximum atomic E-state index is 13.8. The summed E-state index contributed by atoms with van der Waals surface area (Å²) in [4.78, 5) is 11.6. The Morgan fingerprint density at radius 2 is 2.27 bits per heavy atom. The number of halogens is 3. The van der Waals surface area contributed by atoms with Gasteiger partial charge in [-0.25, -0.2) is 4.39 Å². The van der Waals surface area contributed by atoms with Crippen LogP contribution in [-0.2, 0) is 0 Å². The van der Waals surface area contributed by atoms with Gasteiger partial charge in [0.1, 0.15) is 0 Å². The zero-order valence-electron chi connectivity index (χ0n) is 7.74. The van der Waals surface area contributed by atoms with Gasteiger partial charge in [-0.15, -0.1) is 0 Å². The van der Waals surface area contributed by atoms with Crippen molar-refractivity contribution in [3.05, 3.63) is 26.9 Å². The fraction of sp³-hybridized carbons (Fsp3) is 0.300. The minimum Gasteiger partial charge on any atom is -0.382 e. The molecule has 0 amide bonds. The molecular formula is C10H8BrClFNO. The van der Waals surface area contributed by atoms with Gasteiger partial charge in [-0.2, -0.15) is 0 Å². The highest BCUT2D eigenvalue weighted by molar-refractivity contribution is 9.10. The molecule has 0 fully saturated rings. The van der Waals surface area contributed by atoms with E-state index in [1.165, 1.54) is 6.07 Å². The molecule has 1 heterocycles. The van der Waals surface area contributed by atoms with Crippen molar-refractivity contribution in [3.63, 3.8) is 0 Å². The molecule has 80 valence electrons. The van der Waals surface area contributed by atoms with Gasteiger partial charge in [-0.05, 0) is 28.4 Å². The molecule has 0 aliphatic carbocycles. The van der Waals surface area contributed by atoms with E-state index in [4.69, 9.17) is 11.6 Å². The SMILES string of the molecule is O=C1CCCNc2c1cc(Cl)c(Br)c2F. The van der Waals surface area contributed by atoms with Gasteiger partial charge < -0.3 is 5.32 Å². The van der Waals surface area contributed by atoms with Crippen LogP contribution in [0.25, 0.3) is 0 Å². The summed E-state index contributed by atoms with van der Waals surface area (Å²) in [5.74, 6) is -0.559. The van der Waals surface area contributed by atoms with Crippen LogP contribution < -0.4 is 5.32 Å². The molecule has 2 rings (SSSR count). The molecule has 0 atom stereocenters. The van der Waals surface area contributed by atoms with Crippen LogP contribution >= 0.6 is 27.5 Å². The van der Waals surface area contributed by atoms with Crippen molar-refractivity contribution in [2.45, 2.75) is 12.8 Å². The molecule has 15 heavy (non-hydrogen) atoms. The second-order valence-corrected chi connectivity index (χ2v) is 4.56. The molecule has 0 saturated heterocycles. The number of anilines is 1. The highest BCUT2D eigenvalue weighted by atomic mass is 79.9. The lowest BCUT2D eigenvalue weighted by Gasteiger charge is -2.10. The summed E-state index contributed by atoms with van der Waals surface area (Å²) < 4.78 is 14.0. The topological polar surface area (TPSA) is 29.1 Å². The summed E-state index contributed by atoms with van der Waals surface area (Å²) in [6.45, 7) is 0.601. The molecule has 2 nitrogen and oxygen atoms in total. The maximum absolute atomic E-state index is 13.8. The van der Waals surface area contributed by atoms with Crippen LogP contribution in [0.4, 0.5) is 10.1 Å². The maximum Gasteiger partial charge on any atom is 0.165 e. The largest absolute Gasteiger partial charge is 0.382 e. The van der Waals surface area contributed by atoms with Gasteiger partial charge in [0.05, 0.1) is 15.2 Å². The molecular weight excluding hydrogens is 284 g/mol. The molecule has 0 unspecified atom stereocenters. The van der Waals surface area contributed by atoms with Crippen LogP contribution in [0.5, 0.6) is 0 Å². The van der Waals surface area contributed by atoms with E-state index in [1.807, 2.05) is 0 Å². The third kappa shape index (κ3) is 1.88. The summed E-state index contributed by atoms with van der Waals surface area (Å²) in [5.41, 5.74) is 0.604. The minimum absolute atomic E-state index is 0.0664. The summed E-state index contributed by atoms with van der Waals surface area (Å²) >= 11 is 8.85. The van der Waals surface area contributed by atoms with Gasteiger partial charge in [0.25, 0.3) is 0 Å². The molecule has 1 aromatic carbocycles. The summed E-state index contributed by atoms with van der Waals surface area (Å²) in [6.07, 6.45) is 1.14. The van der Waals surface area contributed by atoms with E-state index < -0.39 is 5.82 Å². The number of nitrogens with one attached hydrogen (secondary N) is 1. The number of carbonyl (C=O) groups excluding carboxylic acids is 1. The van der Waals surface area contributed by atoms with Crippen LogP contribution in [0.2, 0.25) is 5.02 Å². The first-order chi connectivity index (χ1) is 7.11. The van der Waals surface area contributed by atoms with Crippen molar-refractivity contribution in [2.24, 2.45) is 0 Å². The molecule has 0 aromatic heterocycles. The van der Waals surface area contributed by atoms with Crippen LogP contribution in [0.1, 0.15) is 23.2 Å². The van der Waals surface area contributed by atoms with Gasteiger partial charge in [-0.3, -0.25) is 4.79 Å². The predicted molar refractivity (Wildman–Crippen MR) is 61.2 cm³/mol. The molecule has 1 N–H and O–H groups in total. The first-order valence-electron chi connectivity index (χ1n) is 4.56. The first-order valence-corrected chi connectivity index (χ1v) is 5.73. The van der Waals surface area contributed by atoms with Crippen molar-refractivity contribution in [3.8, 4) is 0 Å². The van der Waals surface area contributed by atoms with Crippen LogP contribution in [-0.4, -0.2) is 12.3 Å². The summed E-state index contributed by atoms with van der Waals surface area (Å²) in [5, 5.41) is 3.13. The first kappa shape index (κ1) is 10.9. The lowest BCUT2D eigenvalue weighted by Crippen LogP contribution is -2.04. The fourth-order valence-corrected chi connectivity index (χ4v) is 2.09. The Morgan fingerprint density at radius 1 is 1.53 bits per heavy atom. The molecule has 0 bridgehead atoms. The normalized spacial score (nSPS) is 15.5. The van der Waals surface area contributed by atoms with Crippen molar-refractivity contribution in [2.75, 3.05) is 11.9 Å². The standard InChI is InChI=1S/C10H8BrClFNO/c11-8-6(12)4-5-7(15)2-1-3-14-10(5)9(8)13/h4,14H,1-3H2. The Morgan fingerprint density at radius 3 is 3.00 bits per heavy atom. The lowest BCUT2D eigenvalue weighted by molar-refractivity contribution is 0.0983. The number of fused-ring (bicyclic) bond motifs is 1. The van der Waals surface area contributed by atoms with E-state index in [0.717, 1.165) is 0 Å². The van der Waals surface area contributed by atoms with Gasteiger partial charge in [0, 0.05) is 18.5 Å². The Kier molecular flexibility index (Phi) is 2.98. The quantitative estimate of drug-likeness (QED) is 0.740. The molecule has 1 aliphatic heterocycles. The predicted octanol–water partition coefficient (Wildman–Crippen LogP) is 3.63. The molecule has 5 heteroatoms. The number of ketones is 1. The fourth-order valence-electron chi connectivity index (χ4n) is 1.58. The van der Waals surface area contributed by atoms with E-state index in [2.05, 4.69) is 21.2 Å². The Bertz CT molecular complexity index is 436. The molecule has 0 saturated carbocycles. The number of carbonyl (C=O) groups is 1. The lowest BCUT2D eigenvalue weighted by atomic mass is 10.1. The molecule has 1 aliphatic rings. The average molecular weight is 293 g/mol. The number of hydrogen-bond acceptors (Lipinski definition) is 2. The monoisotopic (exact) mass is 291 g/mol. The van der Waals surface area contributed by atoms with Crippen molar-refractivity contribution in [1.29, 1.82) is 0 Å². The number of hydrogen-bond donors (Lipinski definition) is 1. The Hall–Kier alpha value is -0.610. The van der Waals surface area contributed by atoms with Crippen molar-refractivity contribution < 1.29 is 9.18 Å². The minimum atomic E-state index is -0.493. The van der Waals surface area contributed by atoms with Crippen molar-refractivity contribution in [1.82, 2.24) is 0 Å². The van der Waals surface area contributed by atoms with E-state index in [-0.39, 0.29) is 21.0 Å². The number of rotatable bonds is 0. The third-order valence-corrected chi connectivity index (χ3v) is 3.65. The van der Waals surface area contributed by atoms with E-state index in [1.54, 1.807) is 0 Å². The zero-order chi connectivity index (χ0) is 11.0. The average Bonchev–Trinajstić information content (AvgIpc) is 2.39. The van der Waals surface area contributed by atoms with E-state index in [0.29, 0.717) is 24.9 Å². The highest BCUT2D eigenvalue weighted by Crippen LogP contribution is 2.35. The highest BCUT2D eigenvalue weighted by Gasteiger charge is 2.22. The molecule has 0 spiro atoms. The Labute approximate surface area is 99.9 Å². The van der Waals surface area contributed by atoms with Gasteiger partial charge in [-0.1, -0.05) is 11.6 Å².